The second-order valence-corrected chi connectivity index (χ2v) is 3.71. The van der Waals surface area contributed by atoms with Crippen molar-refractivity contribution >= 4 is 11.6 Å². The smallest absolute Gasteiger partial charge is 0.129 e. The highest BCUT2D eigenvalue weighted by atomic mass is 35.5. The summed E-state index contributed by atoms with van der Waals surface area (Å²) in [7, 11) is 0. The highest BCUT2D eigenvalue weighted by molar-refractivity contribution is 6.29. The lowest BCUT2D eigenvalue weighted by Crippen LogP contribution is -2.28. The second-order valence-electron chi connectivity index (χ2n) is 3.33. The van der Waals surface area contributed by atoms with Gasteiger partial charge in [0, 0.05) is 17.3 Å². The Bertz CT molecular complexity index is 317. The maximum Gasteiger partial charge on any atom is 0.129 e. The Morgan fingerprint density at radius 2 is 2.21 bits per heavy atom. The lowest BCUT2D eigenvalue weighted by molar-refractivity contribution is 0.143. The van der Waals surface area contributed by atoms with E-state index in [4.69, 9.17) is 17.3 Å². The molecule has 14 heavy (non-hydrogen) atoms. The van der Waals surface area contributed by atoms with E-state index in [-0.39, 0.29) is 6.04 Å². The third-order valence-corrected chi connectivity index (χ3v) is 2.50. The summed E-state index contributed by atoms with van der Waals surface area (Å²) in [6.07, 6.45) is 0.0632. The fourth-order valence-corrected chi connectivity index (χ4v) is 1.50. The maximum absolute atomic E-state index is 9.85. The van der Waals surface area contributed by atoms with Crippen LogP contribution in [0.4, 0.5) is 0 Å². The molecule has 0 bridgehead atoms. The normalized spacial score (nSPS) is 15.2. The van der Waals surface area contributed by atoms with Crippen LogP contribution in [-0.4, -0.2) is 16.1 Å². The number of hydrogen-bond acceptors (Lipinski definition) is 3. The van der Waals surface area contributed by atoms with E-state index in [0.717, 1.165) is 17.7 Å². The van der Waals surface area contributed by atoms with E-state index in [1.54, 1.807) is 12.1 Å². The number of hydrogen-bond donors (Lipinski definition) is 2. The van der Waals surface area contributed by atoms with E-state index in [1.165, 1.54) is 0 Å². The van der Waals surface area contributed by atoms with Crippen molar-refractivity contribution in [3.63, 3.8) is 0 Å². The minimum atomic E-state index is -0.662. The molecule has 0 aliphatic rings. The molecule has 0 aliphatic heterocycles. The Labute approximate surface area is 88.9 Å². The molecule has 3 nitrogen and oxygen atoms in total. The van der Waals surface area contributed by atoms with Gasteiger partial charge in [-0.1, -0.05) is 24.6 Å². The number of pyridine rings is 1. The molecular formula is C10H15ClN2O. The average molecular weight is 215 g/mol. The summed E-state index contributed by atoms with van der Waals surface area (Å²) in [5.41, 5.74) is 7.23. The molecule has 1 aromatic rings. The van der Waals surface area contributed by atoms with E-state index in [2.05, 4.69) is 4.98 Å². The molecule has 0 saturated carbocycles. The van der Waals surface area contributed by atoms with Crippen LogP contribution < -0.4 is 5.73 Å². The van der Waals surface area contributed by atoms with Gasteiger partial charge >= 0.3 is 0 Å². The van der Waals surface area contributed by atoms with Gasteiger partial charge in [0.25, 0.3) is 0 Å². The average Bonchev–Trinajstić information content (AvgIpc) is 2.15. The molecule has 3 N–H and O–H groups in total. The van der Waals surface area contributed by atoms with Crippen LogP contribution in [0.25, 0.3) is 0 Å². The molecule has 0 radical (unpaired) electrons. The number of aryl methyl sites for hydroxylation is 1. The first-order valence-corrected chi connectivity index (χ1v) is 5.00. The van der Waals surface area contributed by atoms with Crippen molar-refractivity contribution in [1.82, 2.24) is 4.98 Å². The van der Waals surface area contributed by atoms with Gasteiger partial charge in [0.05, 0.1) is 6.10 Å². The number of aliphatic hydroxyl groups is 1. The van der Waals surface area contributed by atoms with Crippen molar-refractivity contribution in [2.24, 2.45) is 5.73 Å². The standard InChI is InChI=1S/C10H15ClN2O/c1-3-8(12)10(14)7-4-5-9(11)13-6(7)2/h4-5,8,10,14H,3,12H2,1-2H3/t8-,10+/m0/s1. The zero-order valence-electron chi connectivity index (χ0n) is 8.37. The summed E-state index contributed by atoms with van der Waals surface area (Å²) in [4.78, 5) is 4.06. The van der Waals surface area contributed by atoms with Crippen LogP contribution in [0.15, 0.2) is 12.1 Å². The quantitative estimate of drug-likeness (QED) is 0.755. The van der Waals surface area contributed by atoms with E-state index in [1.807, 2.05) is 13.8 Å². The lowest BCUT2D eigenvalue weighted by atomic mass is 10.0. The summed E-state index contributed by atoms with van der Waals surface area (Å²) >= 11 is 5.71. The van der Waals surface area contributed by atoms with Crippen molar-refractivity contribution in [3.8, 4) is 0 Å². The fraction of sp³-hybridized carbons (Fsp3) is 0.500. The van der Waals surface area contributed by atoms with Gasteiger partial charge in [-0.15, -0.1) is 0 Å². The molecule has 0 aliphatic carbocycles. The summed E-state index contributed by atoms with van der Waals surface area (Å²) in [6.45, 7) is 3.75. The van der Waals surface area contributed by atoms with E-state index in [9.17, 15) is 5.11 Å². The molecule has 0 fully saturated rings. The van der Waals surface area contributed by atoms with Crippen LogP contribution in [0, 0.1) is 6.92 Å². The highest BCUT2D eigenvalue weighted by Crippen LogP contribution is 2.21. The Kier molecular flexibility index (Phi) is 3.86. The van der Waals surface area contributed by atoms with Crippen molar-refractivity contribution in [2.45, 2.75) is 32.4 Å². The first-order chi connectivity index (χ1) is 6.56. The van der Waals surface area contributed by atoms with Gasteiger partial charge in [0.15, 0.2) is 0 Å². The van der Waals surface area contributed by atoms with Crippen LogP contribution in [0.3, 0.4) is 0 Å². The van der Waals surface area contributed by atoms with Crippen molar-refractivity contribution in [3.05, 3.63) is 28.5 Å². The summed E-state index contributed by atoms with van der Waals surface area (Å²) in [5.74, 6) is 0. The SMILES string of the molecule is CC[C@H](N)[C@H](O)c1ccc(Cl)nc1C. The third kappa shape index (κ3) is 2.44. The molecule has 1 heterocycles. The summed E-state index contributed by atoms with van der Waals surface area (Å²) in [6, 6.07) is 3.18. The molecule has 0 saturated heterocycles. The van der Waals surface area contributed by atoms with Crippen LogP contribution in [0.5, 0.6) is 0 Å². The molecular weight excluding hydrogens is 200 g/mol. The number of nitrogens with two attached hydrogens (primary N) is 1. The van der Waals surface area contributed by atoms with Gasteiger partial charge < -0.3 is 10.8 Å². The molecule has 0 spiro atoms. The second kappa shape index (κ2) is 4.73. The first kappa shape index (κ1) is 11.4. The third-order valence-electron chi connectivity index (χ3n) is 2.29. The topological polar surface area (TPSA) is 59.1 Å². The molecule has 78 valence electrons. The van der Waals surface area contributed by atoms with Crippen LogP contribution in [0.2, 0.25) is 5.15 Å². The predicted molar refractivity (Wildman–Crippen MR) is 57.2 cm³/mol. The largest absolute Gasteiger partial charge is 0.387 e. The van der Waals surface area contributed by atoms with Crippen molar-refractivity contribution < 1.29 is 5.11 Å². The highest BCUT2D eigenvalue weighted by Gasteiger charge is 2.17. The number of rotatable bonds is 3. The van der Waals surface area contributed by atoms with Crippen LogP contribution in [-0.2, 0) is 0 Å². The molecule has 4 heteroatoms. The Balaban J connectivity index is 2.95. The lowest BCUT2D eigenvalue weighted by Gasteiger charge is -2.18. The zero-order valence-corrected chi connectivity index (χ0v) is 9.12. The molecule has 0 unspecified atom stereocenters. The minimum absolute atomic E-state index is 0.253. The molecule has 0 aromatic carbocycles. The summed E-state index contributed by atoms with van der Waals surface area (Å²) < 4.78 is 0. The molecule has 1 aromatic heterocycles. The van der Waals surface area contributed by atoms with Crippen LogP contribution in [0.1, 0.15) is 30.7 Å². The number of nitrogens with zero attached hydrogens (tertiary/aromatic N) is 1. The van der Waals surface area contributed by atoms with E-state index < -0.39 is 6.10 Å². The Morgan fingerprint density at radius 3 is 2.71 bits per heavy atom. The van der Waals surface area contributed by atoms with Gasteiger partial charge in [-0.2, -0.15) is 0 Å². The molecule has 1 rings (SSSR count). The van der Waals surface area contributed by atoms with Crippen molar-refractivity contribution in [1.29, 1.82) is 0 Å². The first-order valence-electron chi connectivity index (χ1n) is 4.63. The van der Waals surface area contributed by atoms with Gasteiger partial charge in [0.2, 0.25) is 0 Å². The zero-order chi connectivity index (χ0) is 10.7. The number of aliphatic hydroxyl groups excluding tert-OH is 1. The minimum Gasteiger partial charge on any atom is -0.387 e. The molecule has 0 amide bonds. The van der Waals surface area contributed by atoms with Gasteiger partial charge in [-0.3, -0.25) is 0 Å². The Morgan fingerprint density at radius 1 is 1.57 bits per heavy atom. The van der Waals surface area contributed by atoms with Crippen molar-refractivity contribution in [2.75, 3.05) is 0 Å². The maximum atomic E-state index is 9.85. The number of aromatic nitrogens is 1. The van der Waals surface area contributed by atoms with Gasteiger partial charge in [0.1, 0.15) is 5.15 Å². The summed E-state index contributed by atoms with van der Waals surface area (Å²) in [5, 5.41) is 10.3. The van der Waals surface area contributed by atoms with Gasteiger partial charge in [-0.05, 0) is 19.4 Å². The Hall–Kier alpha value is -0.640. The monoisotopic (exact) mass is 214 g/mol. The van der Waals surface area contributed by atoms with Crippen LogP contribution >= 0.6 is 11.6 Å². The van der Waals surface area contributed by atoms with Gasteiger partial charge in [-0.25, -0.2) is 4.98 Å². The van der Waals surface area contributed by atoms with E-state index in [0.29, 0.717) is 5.15 Å². The predicted octanol–water partition coefficient (Wildman–Crippen LogP) is 1.81. The number of halogens is 1. The van der Waals surface area contributed by atoms with E-state index >= 15 is 0 Å². The fourth-order valence-electron chi connectivity index (χ4n) is 1.31. The molecule has 2 atom stereocenters.